The molecule has 1 N–H and O–H groups in total. The number of nitrogens with zero attached hydrogens (tertiary/aromatic N) is 2. The van der Waals surface area contributed by atoms with Gasteiger partial charge in [-0.05, 0) is 30.3 Å². The number of aromatic nitrogens is 2. The summed E-state index contributed by atoms with van der Waals surface area (Å²) in [4.78, 5) is 13.4. The highest BCUT2D eigenvalue weighted by molar-refractivity contribution is 6.00. The van der Waals surface area contributed by atoms with Crippen molar-refractivity contribution in [3.8, 4) is 39.9 Å². The van der Waals surface area contributed by atoms with Gasteiger partial charge in [-0.2, -0.15) is 5.10 Å². The molecule has 0 aliphatic heterocycles. The van der Waals surface area contributed by atoms with Crippen LogP contribution in [0, 0.1) is 0 Å². The van der Waals surface area contributed by atoms with Gasteiger partial charge in [0, 0.05) is 29.9 Å². The molecule has 0 aliphatic rings. The van der Waals surface area contributed by atoms with Crippen LogP contribution in [0.3, 0.4) is 0 Å². The number of methoxy groups -OCH3 is 4. The average molecular weight is 474 g/mol. The number of para-hydroxylation sites is 2. The molecule has 1 heterocycles. The summed E-state index contributed by atoms with van der Waals surface area (Å²) in [6, 6.07) is 20.6. The molecule has 1 aromatic heterocycles. The molecule has 3 aromatic carbocycles. The van der Waals surface area contributed by atoms with Crippen LogP contribution in [0.2, 0.25) is 0 Å². The van der Waals surface area contributed by atoms with Gasteiger partial charge >= 0.3 is 0 Å². The minimum Gasteiger partial charge on any atom is -0.496 e. The quantitative estimate of drug-likeness (QED) is 0.385. The molecule has 0 radical (unpaired) electrons. The first-order chi connectivity index (χ1) is 17.1. The lowest BCUT2D eigenvalue weighted by atomic mass is 10.1. The Morgan fingerprint density at radius 3 is 2.11 bits per heavy atom. The van der Waals surface area contributed by atoms with Gasteiger partial charge in [0.2, 0.25) is 0 Å². The fourth-order valence-corrected chi connectivity index (χ4v) is 3.79. The van der Waals surface area contributed by atoms with E-state index < -0.39 is 0 Å². The molecule has 0 saturated carbocycles. The Morgan fingerprint density at radius 2 is 1.43 bits per heavy atom. The summed E-state index contributed by atoms with van der Waals surface area (Å²) in [6.07, 6.45) is 1.72. The number of ether oxygens (including phenoxy) is 4. The van der Waals surface area contributed by atoms with Gasteiger partial charge in [-0.3, -0.25) is 4.79 Å². The van der Waals surface area contributed by atoms with Crippen molar-refractivity contribution in [2.45, 2.75) is 6.54 Å². The molecule has 4 aromatic rings. The van der Waals surface area contributed by atoms with Crippen LogP contribution in [0.4, 0.5) is 0 Å². The molecule has 0 unspecified atom stereocenters. The third-order valence-corrected chi connectivity index (χ3v) is 5.57. The van der Waals surface area contributed by atoms with E-state index in [-0.39, 0.29) is 12.5 Å². The molecule has 0 atom stereocenters. The monoisotopic (exact) mass is 473 g/mol. The standard InChI is InChI=1S/C27H27N3O5/c1-32-22-13-9-8-12-20(22)26-21(17-30(29-26)19-10-6-5-7-11-19)27(31)28-16-18-14-24(34-3)25(35-4)15-23(18)33-2/h5-15,17H,16H2,1-4H3,(H,28,31). The fraction of sp³-hybridized carbons (Fsp3) is 0.185. The van der Waals surface area contributed by atoms with Crippen LogP contribution < -0.4 is 24.3 Å². The average Bonchev–Trinajstić information content (AvgIpc) is 3.37. The highest BCUT2D eigenvalue weighted by Crippen LogP contribution is 2.35. The van der Waals surface area contributed by atoms with Gasteiger partial charge in [-0.25, -0.2) is 4.68 Å². The van der Waals surface area contributed by atoms with E-state index in [1.54, 1.807) is 51.5 Å². The molecule has 1 amide bonds. The van der Waals surface area contributed by atoms with Gasteiger partial charge in [-0.1, -0.05) is 30.3 Å². The summed E-state index contributed by atoms with van der Waals surface area (Å²) >= 11 is 0. The summed E-state index contributed by atoms with van der Waals surface area (Å²) in [5, 5.41) is 7.72. The number of carbonyl (C=O) groups is 1. The molecular formula is C27H27N3O5. The Balaban J connectivity index is 1.70. The van der Waals surface area contributed by atoms with Crippen LogP contribution in [0.5, 0.6) is 23.0 Å². The van der Waals surface area contributed by atoms with Crippen LogP contribution in [0.1, 0.15) is 15.9 Å². The van der Waals surface area contributed by atoms with Gasteiger partial charge < -0.3 is 24.3 Å². The number of carbonyl (C=O) groups excluding carboxylic acids is 1. The van der Waals surface area contributed by atoms with E-state index in [0.717, 1.165) is 16.8 Å². The number of amides is 1. The van der Waals surface area contributed by atoms with E-state index >= 15 is 0 Å². The van der Waals surface area contributed by atoms with Gasteiger partial charge in [0.05, 0.1) is 39.7 Å². The van der Waals surface area contributed by atoms with Crippen molar-refractivity contribution in [1.82, 2.24) is 15.1 Å². The molecule has 35 heavy (non-hydrogen) atoms. The van der Waals surface area contributed by atoms with Crippen molar-refractivity contribution in [2.24, 2.45) is 0 Å². The fourth-order valence-electron chi connectivity index (χ4n) is 3.79. The Hall–Kier alpha value is -4.46. The molecule has 0 saturated heterocycles. The van der Waals surface area contributed by atoms with Crippen LogP contribution in [-0.4, -0.2) is 44.1 Å². The molecule has 8 nitrogen and oxygen atoms in total. The Morgan fingerprint density at radius 1 is 0.800 bits per heavy atom. The number of benzene rings is 3. The second-order valence-electron chi connectivity index (χ2n) is 7.57. The van der Waals surface area contributed by atoms with E-state index in [2.05, 4.69) is 5.32 Å². The number of nitrogens with one attached hydrogen (secondary N) is 1. The molecule has 4 rings (SSSR count). The third-order valence-electron chi connectivity index (χ3n) is 5.57. The molecule has 0 spiro atoms. The lowest BCUT2D eigenvalue weighted by molar-refractivity contribution is 0.0951. The van der Waals surface area contributed by atoms with Gasteiger partial charge in [-0.15, -0.1) is 0 Å². The van der Waals surface area contributed by atoms with Gasteiger partial charge in [0.25, 0.3) is 5.91 Å². The second kappa shape index (κ2) is 10.6. The largest absolute Gasteiger partial charge is 0.496 e. The Kier molecular flexibility index (Phi) is 7.21. The first kappa shape index (κ1) is 23.7. The number of hydrogen-bond acceptors (Lipinski definition) is 6. The summed E-state index contributed by atoms with van der Waals surface area (Å²) in [5.74, 6) is 2.01. The maximum Gasteiger partial charge on any atom is 0.255 e. The zero-order valence-corrected chi connectivity index (χ0v) is 20.1. The van der Waals surface area contributed by atoms with Crippen molar-refractivity contribution in [3.63, 3.8) is 0 Å². The zero-order chi connectivity index (χ0) is 24.8. The first-order valence-corrected chi connectivity index (χ1v) is 10.9. The van der Waals surface area contributed by atoms with Crippen molar-refractivity contribution in [3.05, 3.63) is 84.1 Å². The lowest BCUT2D eigenvalue weighted by Crippen LogP contribution is -2.23. The van der Waals surface area contributed by atoms with Crippen LogP contribution in [-0.2, 0) is 6.54 Å². The summed E-state index contributed by atoms with van der Waals surface area (Å²) in [7, 11) is 6.28. The van der Waals surface area contributed by atoms with Crippen LogP contribution in [0.25, 0.3) is 16.9 Å². The molecule has 180 valence electrons. The lowest BCUT2D eigenvalue weighted by Gasteiger charge is -2.14. The Bertz CT molecular complexity index is 1320. The molecule has 0 bridgehead atoms. The highest BCUT2D eigenvalue weighted by atomic mass is 16.5. The third kappa shape index (κ3) is 4.91. The van der Waals surface area contributed by atoms with Gasteiger partial charge in [0.1, 0.15) is 17.2 Å². The topological polar surface area (TPSA) is 83.8 Å². The highest BCUT2D eigenvalue weighted by Gasteiger charge is 2.22. The Labute approximate surface area is 204 Å². The van der Waals surface area contributed by atoms with E-state index in [0.29, 0.717) is 34.3 Å². The summed E-state index contributed by atoms with van der Waals surface area (Å²) in [5.41, 5.74) is 3.23. The number of rotatable bonds is 9. The maximum atomic E-state index is 13.4. The van der Waals surface area contributed by atoms with Crippen molar-refractivity contribution in [1.29, 1.82) is 0 Å². The van der Waals surface area contributed by atoms with E-state index in [1.165, 1.54) is 0 Å². The minimum atomic E-state index is -0.287. The SMILES string of the molecule is COc1cc(OC)c(OC)cc1CNC(=O)c1cn(-c2ccccc2)nc1-c1ccccc1OC. The maximum absolute atomic E-state index is 13.4. The van der Waals surface area contributed by atoms with E-state index in [4.69, 9.17) is 24.0 Å². The van der Waals surface area contributed by atoms with Crippen molar-refractivity contribution < 1.29 is 23.7 Å². The predicted octanol–water partition coefficient (Wildman–Crippen LogP) is 4.50. The minimum absolute atomic E-state index is 0.213. The predicted molar refractivity (Wildman–Crippen MR) is 133 cm³/mol. The molecule has 8 heteroatoms. The zero-order valence-electron chi connectivity index (χ0n) is 20.1. The van der Waals surface area contributed by atoms with Crippen LogP contribution >= 0.6 is 0 Å². The molecule has 0 fully saturated rings. The molecular weight excluding hydrogens is 446 g/mol. The van der Waals surface area contributed by atoms with Crippen LogP contribution in [0.15, 0.2) is 72.9 Å². The normalized spacial score (nSPS) is 10.5. The second-order valence-corrected chi connectivity index (χ2v) is 7.57. The molecule has 0 aliphatic carbocycles. The number of hydrogen-bond donors (Lipinski definition) is 1. The smallest absolute Gasteiger partial charge is 0.255 e. The summed E-state index contributed by atoms with van der Waals surface area (Å²) in [6.45, 7) is 0.213. The van der Waals surface area contributed by atoms with Crippen molar-refractivity contribution >= 4 is 5.91 Å². The van der Waals surface area contributed by atoms with Crippen molar-refractivity contribution in [2.75, 3.05) is 28.4 Å². The summed E-state index contributed by atoms with van der Waals surface area (Å²) < 4.78 is 23.5. The van der Waals surface area contributed by atoms with Gasteiger partial charge in [0.15, 0.2) is 11.5 Å². The van der Waals surface area contributed by atoms with E-state index in [1.807, 2.05) is 54.6 Å². The first-order valence-electron chi connectivity index (χ1n) is 10.9. The van der Waals surface area contributed by atoms with E-state index in [9.17, 15) is 4.79 Å².